The Morgan fingerprint density at radius 2 is 1.67 bits per heavy atom. The number of fused-ring (bicyclic) bond motifs is 5. The van der Waals surface area contributed by atoms with Crippen LogP contribution in [0.4, 0.5) is 46.2 Å². The monoisotopic (exact) mass is 902 g/mol. The quantitative estimate of drug-likeness (QED) is 0.0963. The molecule has 3 aliphatic rings. The molecular weight excluding hydrogens is 873 g/mol. The Balaban J connectivity index is 1.03. The standard InChI is InChI=1S/C43H30F8N10O2S/c44-22-13-20(14-23(45)17-22)15-31(53-33(62)19-61-37-34(36(58-61)43(49,50)51)24-6-7-27(24)42(37,47)48)35-25(21-5-8-28(46)26(16-21)38(52)63)18-32-39(56-35)57-41(64-32)60-11-9-59(10-12-60)40-54-29-3-1-2-4-30(29)55-40/h1-5,8,13-14,16-18,24,27,31H,9-12,15,19H2,(H2,52,63)(H,53,62)(H,54,55)/t24-,27+,31-/m0/s1. The second kappa shape index (κ2) is 15.0. The molecule has 1 saturated heterocycles. The van der Waals surface area contributed by atoms with Gasteiger partial charge in [0.1, 0.15) is 35.6 Å². The van der Waals surface area contributed by atoms with E-state index in [1.54, 1.807) is 6.07 Å². The van der Waals surface area contributed by atoms with E-state index in [4.69, 9.17) is 20.7 Å². The molecule has 5 heterocycles. The third-order valence-electron chi connectivity index (χ3n) is 11.5. The van der Waals surface area contributed by atoms with Gasteiger partial charge in [0.25, 0.3) is 5.91 Å². The van der Waals surface area contributed by atoms with E-state index in [1.165, 1.54) is 17.4 Å². The molecule has 326 valence electrons. The summed E-state index contributed by atoms with van der Waals surface area (Å²) in [6, 6.07) is 13.9. The Morgan fingerprint density at radius 3 is 2.36 bits per heavy atom. The van der Waals surface area contributed by atoms with Gasteiger partial charge < -0.3 is 25.8 Å². The summed E-state index contributed by atoms with van der Waals surface area (Å²) < 4.78 is 119. The Bertz CT molecular complexity index is 3070. The number of benzene rings is 3. The average Bonchev–Trinajstić information content (AvgIpc) is 3.97. The first kappa shape index (κ1) is 41.0. The number of thiazole rings is 1. The molecule has 0 radical (unpaired) electrons. The van der Waals surface area contributed by atoms with Crippen LogP contribution in [0.5, 0.6) is 0 Å². The molecule has 4 N–H and O–H groups in total. The number of hydrogen-bond acceptors (Lipinski definition) is 9. The minimum Gasteiger partial charge on any atom is -0.366 e. The average molecular weight is 903 g/mol. The number of anilines is 2. The number of aromatic nitrogens is 6. The Labute approximate surface area is 360 Å². The minimum absolute atomic E-state index is 0.00605. The Morgan fingerprint density at radius 1 is 0.938 bits per heavy atom. The molecule has 0 bridgehead atoms. The van der Waals surface area contributed by atoms with Crippen molar-refractivity contribution in [3.8, 4) is 23.0 Å². The zero-order chi connectivity index (χ0) is 44.8. The molecule has 3 atom stereocenters. The van der Waals surface area contributed by atoms with Crippen molar-refractivity contribution in [3.63, 3.8) is 0 Å². The summed E-state index contributed by atoms with van der Waals surface area (Å²) in [4.78, 5) is 48.1. The number of carbonyl (C=O) groups is 2. The smallest absolute Gasteiger partial charge is 0.366 e. The van der Waals surface area contributed by atoms with E-state index in [9.17, 15) is 35.9 Å². The van der Waals surface area contributed by atoms with Gasteiger partial charge in [-0.1, -0.05) is 41.4 Å². The zero-order valence-corrected chi connectivity index (χ0v) is 33.6. The lowest BCUT2D eigenvalue weighted by Crippen LogP contribution is -2.46. The molecule has 10 rings (SSSR count). The Hall–Kier alpha value is -7.08. The van der Waals surface area contributed by atoms with Crippen molar-refractivity contribution in [2.75, 3.05) is 36.0 Å². The number of para-hydroxylation sites is 2. The molecule has 3 aromatic carbocycles. The van der Waals surface area contributed by atoms with Gasteiger partial charge in [-0.3, -0.25) is 14.3 Å². The number of primary amides is 1. The SMILES string of the molecule is NC(=O)c1cc(-c2cc3sc(N4CCN(c5nc6ccccc6[nH]5)CC4)nc3nc2[C@H](Cc2cc(F)cc(F)c2)NC(=O)Cn2nc(C(F)(F)F)c3c2C(F)(F)[C@@H]2C#C[C@H]32)ccc1F. The molecule has 7 aromatic rings. The number of aromatic amines is 1. The number of nitrogens with two attached hydrogens (primary N) is 1. The van der Waals surface area contributed by atoms with Gasteiger partial charge in [0.05, 0.1) is 39.0 Å². The predicted octanol–water partition coefficient (Wildman–Crippen LogP) is 7.22. The van der Waals surface area contributed by atoms with Crippen LogP contribution < -0.4 is 20.9 Å². The van der Waals surface area contributed by atoms with Crippen LogP contribution in [0.2, 0.25) is 0 Å². The third kappa shape index (κ3) is 7.10. The van der Waals surface area contributed by atoms with Crippen LogP contribution in [-0.4, -0.2) is 67.7 Å². The number of piperazine rings is 1. The normalized spacial score (nSPS) is 18.1. The predicted molar refractivity (Wildman–Crippen MR) is 218 cm³/mol. The highest BCUT2D eigenvalue weighted by Crippen LogP contribution is 2.58. The van der Waals surface area contributed by atoms with Crippen LogP contribution in [0.3, 0.4) is 0 Å². The van der Waals surface area contributed by atoms with Crippen molar-refractivity contribution < 1.29 is 44.7 Å². The molecule has 0 spiro atoms. The fraction of sp³-hybridized carbons (Fsp3) is 0.256. The molecule has 12 nitrogen and oxygen atoms in total. The van der Waals surface area contributed by atoms with Gasteiger partial charge in [0, 0.05) is 43.4 Å². The highest BCUT2D eigenvalue weighted by molar-refractivity contribution is 7.22. The lowest BCUT2D eigenvalue weighted by atomic mass is 9.84. The second-order valence-corrected chi connectivity index (χ2v) is 16.6. The molecule has 2 amide bonds. The van der Waals surface area contributed by atoms with Crippen LogP contribution in [0.25, 0.3) is 32.5 Å². The van der Waals surface area contributed by atoms with Crippen LogP contribution in [0.1, 0.15) is 50.5 Å². The molecule has 0 saturated carbocycles. The molecule has 64 heavy (non-hydrogen) atoms. The number of H-pyrrole nitrogens is 1. The number of rotatable bonds is 10. The summed E-state index contributed by atoms with van der Waals surface area (Å²) in [7, 11) is 0. The van der Waals surface area contributed by atoms with E-state index in [2.05, 4.69) is 32.1 Å². The van der Waals surface area contributed by atoms with E-state index in [0.717, 1.165) is 41.2 Å². The van der Waals surface area contributed by atoms with Gasteiger partial charge in [-0.2, -0.15) is 32.0 Å². The number of nitrogens with zero attached hydrogens (tertiary/aromatic N) is 7. The van der Waals surface area contributed by atoms with Crippen molar-refractivity contribution in [2.45, 2.75) is 37.0 Å². The maximum atomic E-state index is 15.6. The van der Waals surface area contributed by atoms with Gasteiger partial charge in [0.15, 0.2) is 16.5 Å². The van der Waals surface area contributed by atoms with E-state index in [1.807, 2.05) is 29.2 Å². The van der Waals surface area contributed by atoms with Crippen molar-refractivity contribution in [1.29, 1.82) is 0 Å². The zero-order valence-electron chi connectivity index (χ0n) is 32.8. The number of imidazole rings is 1. The summed E-state index contributed by atoms with van der Waals surface area (Å²) >= 11 is 1.27. The molecule has 0 unspecified atom stereocenters. The first-order chi connectivity index (χ1) is 30.5. The first-order valence-corrected chi connectivity index (χ1v) is 20.5. The minimum atomic E-state index is -5.15. The van der Waals surface area contributed by atoms with Gasteiger partial charge >= 0.3 is 12.1 Å². The fourth-order valence-electron chi connectivity index (χ4n) is 8.52. The topological polar surface area (TPSA) is 151 Å². The number of amides is 2. The summed E-state index contributed by atoms with van der Waals surface area (Å²) in [5, 5.41) is 6.61. The summed E-state index contributed by atoms with van der Waals surface area (Å²) in [6.45, 7) is 1.07. The Kier molecular flexibility index (Phi) is 9.62. The van der Waals surface area contributed by atoms with E-state index in [0.29, 0.717) is 46.8 Å². The number of pyridine rings is 1. The third-order valence-corrected chi connectivity index (χ3v) is 12.5. The summed E-state index contributed by atoms with van der Waals surface area (Å²) in [5.41, 5.74) is 3.72. The molecule has 4 aromatic heterocycles. The lowest BCUT2D eigenvalue weighted by Gasteiger charge is -2.34. The van der Waals surface area contributed by atoms with E-state index < -0.39 is 94.7 Å². The summed E-state index contributed by atoms with van der Waals surface area (Å²) in [5.74, 6) is -6.83. The highest BCUT2D eigenvalue weighted by atomic mass is 32.1. The van der Waals surface area contributed by atoms with Crippen LogP contribution in [0.15, 0.2) is 66.7 Å². The first-order valence-electron chi connectivity index (χ1n) is 19.7. The van der Waals surface area contributed by atoms with Crippen LogP contribution in [0, 0.1) is 35.2 Å². The van der Waals surface area contributed by atoms with E-state index >= 15 is 8.78 Å². The van der Waals surface area contributed by atoms with Crippen molar-refractivity contribution in [1.82, 2.24) is 35.0 Å². The van der Waals surface area contributed by atoms with Crippen molar-refractivity contribution in [3.05, 3.63) is 118 Å². The van der Waals surface area contributed by atoms with Gasteiger partial charge in [-0.25, -0.2) is 23.1 Å². The number of halogens is 8. The fourth-order valence-corrected chi connectivity index (χ4v) is 9.52. The van der Waals surface area contributed by atoms with Gasteiger partial charge in [-0.15, -0.1) is 0 Å². The number of carbonyl (C=O) groups excluding carboxylic acids is 2. The highest BCUT2D eigenvalue weighted by Gasteiger charge is 2.62. The van der Waals surface area contributed by atoms with Crippen LogP contribution in [-0.2, 0) is 29.9 Å². The molecule has 2 aliphatic carbocycles. The van der Waals surface area contributed by atoms with Crippen molar-refractivity contribution in [2.24, 2.45) is 11.7 Å². The largest absolute Gasteiger partial charge is 0.435 e. The van der Waals surface area contributed by atoms with Gasteiger partial charge in [-0.05, 0) is 60.0 Å². The van der Waals surface area contributed by atoms with Crippen LogP contribution >= 0.6 is 11.3 Å². The molecule has 1 aliphatic heterocycles. The molecule has 1 fully saturated rings. The molecule has 21 heteroatoms. The number of nitrogens with one attached hydrogen (secondary N) is 2. The maximum absolute atomic E-state index is 15.6. The molecular formula is C43H30F8N10O2S. The number of hydrogen-bond donors (Lipinski definition) is 3. The maximum Gasteiger partial charge on any atom is 0.435 e. The lowest BCUT2D eigenvalue weighted by molar-refractivity contribution is -0.142. The van der Waals surface area contributed by atoms with E-state index in [-0.39, 0.29) is 28.0 Å². The van der Waals surface area contributed by atoms with Crippen molar-refractivity contribution >= 4 is 55.6 Å². The summed E-state index contributed by atoms with van der Waals surface area (Å²) in [6.07, 6.45) is -5.56. The second-order valence-electron chi connectivity index (χ2n) is 15.6. The van der Waals surface area contributed by atoms with Gasteiger partial charge in [0.2, 0.25) is 11.9 Å². The number of alkyl halides is 5.